The molecule has 0 aromatic heterocycles. The van der Waals surface area contributed by atoms with E-state index < -0.39 is 26.8 Å². The molecule has 0 bridgehead atoms. The highest BCUT2D eigenvalue weighted by Gasteiger charge is 2.37. The summed E-state index contributed by atoms with van der Waals surface area (Å²) in [4.78, 5) is -1.28. The van der Waals surface area contributed by atoms with Gasteiger partial charge in [0.2, 0.25) is 0 Å². The average molecular weight is 285 g/mol. The normalized spacial score (nSPS) is 12.5. The summed E-state index contributed by atoms with van der Waals surface area (Å²) in [6, 6.07) is 0.963. The average Bonchev–Trinajstić information content (AvgIpc) is 2.17. The lowest BCUT2D eigenvalue weighted by atomic mass is 10.2. The van der Waals surface area contributed by atoms with Gasteiger partial charge in [-0.2, -0.15) is 21.6 Å². The molecule has 1 aromatic rings. The van der Waals surface area contributed by atoms with E-state index in [0.717, 1.165) is 0 Å². The van der Waals surface area contributed by atoms with E-state index in [2.05, 4.69) is 0 Å². The van der Waals surface area contributed by atoms with Crippen LogP contribution in [0, 0.1) is 0 Å². The Morgan fingerprint density at radius 3 is 2.33 bits per heavy atom. The molecule has 5 nitrogen and oxygen atoms in total. The Labute approximate surface area is 101 Å². The van der Waals surface area contributed by atoms with E-state index in [0.29, 0.717) is 12.1 Å². The lowest BCUT2D eigenvalue weighted by molar-refractivity contribution is -0.139. The molecule has 0 spiro atoms. The fraction of sp³-hybridized carbons (Fsp3) is 0.333. The van der Waals surface area contributed by atoms with Crippen molar-refractivity contribution in [1.82, 2.24) is 0 Å². The van der Waals surface area contributed by atoms with Gasteiger partial charge in [-0.3, -0.25) is 4.55 Å². The lowest BCUT2D eigenvalue weighted by Crippen LogP contribution is -2.14. The van der Waals surface area contributed by atoms with Crippen LogP contribution in [-0.2, 0) is 16.3 Å². The van der Waals surface area contributed by atoms with Crippen molar-refractivity contribution >= 4 is 15.8 Å². The summed E-state index contributed by atoms with van der Waals surface area (Å²) in [6.45, 7) is 1.63. The third kappa shape index (κ3) is 3.05. The molecule has 0 radical (unpaired) electrons. The van der Waals surface area contributed by atoms with Gasteiger partial charge in [-0.15, -0.1) is 0 Å². The number of benzene rings is 1. The molecule has 18 heavy (non-hydrogen) atoms. The van der Waals surface area contributed by atoms with Crippen LogP contribution in [0.3, 0.4) is 0 Å². The van der Waals surface area contributed by atoms with Gasteiger partial charge in [-0.25, -0.2) is 0 Å². The van der Waals surface area contributed by atoms with Crippen LogP contribution < -0.4 is 10.5 Å². The Kier molecular flexibility index (Phi) is 3.77. The maximum atomic E-state index is 12.6. The molecule has 0 amide bonds. The van der Waals surface area contributed by atoms with Crippen LogP contribution in [0.15, 0.2) is 17.0 Å². The molecular weight excluding hydrogens is 275 g/mol. The van der Waals surface area contributed by atoms with E-state index in [1.807, 2.05) is 0 Å². The molecule has 0 heterocycles. The molecule has 102 valence electrons. The molecule has 0 saturated carbocycles. The molecule has 0 aliphatic heterocycles. The third-order valence-corrected chi connectivity index (χ3v) is 2.89. The highest BCUT2D eigenvalue weighted by molar-refractivity contribution is 7.85. The van der Waals surface area contributed by atoms with E-state index in [4.69, 9.17) is 15.0 Å². The minimum Gasteiger partial charge on any atom is -0.492 e. The fourth-order valence-corrected chi connectivity index (χ4v) is 2.00. The van der Waals surface area contributed by atoms with E-state index in [-0.39, 0.29) is 18.0 Å². The molecule has 0 saturated heterocycles. The van der Waals surface area contributed by atoms with Crippen LogP contribution in [0.4, 0.5) is 18.9 Å². The Morgan fingerprint density at radius 1 is 1.39 bits per heavy atom. The maximum Gasteiger partial charge on any atom is 0.417 e. The predicted octanol–water partition coefficient (Wildman–Crippen LogP) is 1.93. The minimum atomic E-state index is -5.03. The lowest BCUT2D eigenvalue weighted by Gasteiger charge is -2.14. The number of hydrogen-bond acceptors (Lipinski definition) is 4. The molecule has 0 unspecified atom stereocenters. The summed E-state index contributed by atoms with van der Waals surface area (Å²) in [5, 5.41) is 0. The second-order valence-electron chi connectivity index (χ2n) is 3.29. The van der Waals surface area contributed by atoms with Crippen molar-refractivity contribution in [2.75, 3.05) is 12.3 Å². The Bertz CT molecular complexity index is 554. The van der Waals surface area contributed by atoms with Crippen LogP contribution in [0.2, 0.25) is 0 Å². The van der Waals surface area contributed by atoms with Gasteiger partial charge in [0.25, 0.3) is 10.1 Å². The summed E-state index contributed by atoms with van der Waals surface area (Å²) in [5.74, 6) is -0.238. The second-order valence-corrected chi connectivity index (χ2v) is 4.68. The zero-order valence-electron chi connectivity index (χ0n) is 9.15. The first kappa shape index (κ1) is 14.6. The monoisotopic (exact) mass is 285 g/mol. The van der Waals surface area contributed by atoms with Crippen molar-refractivity contribution in [2.24, 2.45) is 0 Å². The second kappa shape index (κ2) is 4.65. The van der Waals surface area contributed by atoms with Crippen LogP contribution in [0.1, 0.15) is 12.5 Å². The highest BCUT2D eigenvalue weighted by atomic mass is 32.2. The summed E-state index contributed by atoms with van der Waals surface area (Å²) < 4.78 is 73.3. The van der Waals surface area contributed by atoms with Gasteiger partial charge in [0.05, 0.1) is 17.9 Å². The minimum absolute atomic E-state index is 0.0838. The van der Waals surface area contributed by atoms with Crippen molar-refractivity contribution in [3.8, 4) is 5.75 Å². The number of ether oxygens (including phenoxy) is 1. The zero-order chi connectivity index (χ0) is 14.1. The number of rotatable bonds is 3. The number of hydrogen-bond donors (Lipinski definition) is 2. The first-order chi connectivity index (χ1) is 8.07. The molecule has 1 aromatic carbocycles. The number of halogens is 3. The SMILES string of the molecule is CCOc1cc(S(=O)(=O)O)c(C(F)(F)F)cc1N. The van der Waals surface area contributed by atoms with Gasteiger partial charge in [0, 0.05) is 6.07 Å². The highest BCUT2D eigenvalue weighted by Crippen LogP contribution is 2.38. The molecule has 9 heteroatoms. The Morgan fingerprint density at radius 2 is 1.94 bits per heavy atom. The van der Waals surface area contributed by atoms with Gasteiger partial charge in [-0.05, 0) is 13.0 Å². The van der Waals surface area contributed by atoms with E-state index in [9.17, 15) is 21.6 Å². The van der Waals surface area contributed by atoms with E-state index in [1.165, 1.54) is 0 Å². The summed E-state index contributed by atoms with van der Waals surface area (Å²) in [7, 11) is -5.03. The number of nitrogen functional groups attached to an aromatic ring is 1. The summed E-state index contributed by atoms with van der Waals surface area (Å²) in [6.07, 6.45) is -4.95. The molecule has 3 N–H and O–H groups in total. The molecule has 0 fully saturated rings. The van der Waals surface area contributed by atoms with Crippen molar-refractivity contribution in [2.45, 2.75) is 18.0 Å². The molecular formula is C9H10F3NO4S. The van der Waals surface area contributed by atoms with Gasteiger partial charge in [-0.1, -0.05) is 0 Å². The van der Waals surface area contributed by atoms with Gasteiger partial charge in [0.15, 0.2) is 0 Å². The van der Waals surface area contributed by atoms with Gasteiger partial charge < -0.3 is 10.5 Å². The van der Waals surface area contributed by atoms with Crippen LogP contribution in [0.25, 0.3) is 0 Å². The summed E-state index contributed by atoms with van der Waals surface area (Å²) in [5.41, 5.74) is 3.41. The molecule has 0 aliphatic carbocycles. The maximum absolute atomic E-state index is 12.6. The number of anilines is 1. The Balaban J connectivity index is 3.58. The third-order valence-electron chi connectivity index (χ3n) is 2.00. The van der Waals surface area contributed by atoms with Crippen molar-refractivity contribution < 1.29 is 30.9 Å². The first-order valence-corrected chi connectivity index (χ1v) is 6.12. The number of nitrogens with two attached hydrogens (primary N) is 1. The van der Waals surface area contributed by atoms with Crippen LogP contribution in [-0.4, -0.2) is 19.6 Å². The first-order valence-electron chi connectivity index (χ1n) is 4.68. The largest absolute Gasteiger partial charge is 0.492 e. The molecule has 0 atom stereocenters. The quantitative estimate of drug-likeness (QED) is 0.654. The van der Waals surface area contributed by atoms with Crippen LogP contribution in [0.5, 0.6) is 5.75 Å². The van der Waals surface area contributed by atoms with E-state index in [1.54, 1.807) is 6.92 Å². The number of alkyl halides is 3. The smallest absolute Gasteiger partial charge is 0.417 e. The van der Waals surface area contributed by atoms with Gasteiger partial charge >= 0.3 is 6.18 Å². The van der Waals surface area contributed by atoms with Crippen molar-refractivity contribution in [1.29, 1.82) is 0 Å². The predicted molar refractivity (Wildman–Crippen MR) is 56.8 cm³/mol. The van der Waals surface area contributed by atoms with Crippen LogP contribution >= 0.6 is 0 Å². The van der Waals surface area contributed by atoms with Crippen molar-refractivity contribution in [3.63, 3.8) is 0 Å². The van der Waals surface area contributed by atoms with Crippen molar-refractivity contribution in [3.05, 3.63) is 17.7 Å². The van der Waals surface area contributed by atoms with Gasteiger partial charge in [0.1, 0.15) is 10.6 Å². The Hall–Kier alpha value is -1.48. The fourth-order valence-electron chi connectivity index (χ4n) is 1.29. The molecule has 1 rings (SSSR count). The topological polar surface area (TPSA) is 89.6 Å². The zero-order valence-corrected chi connectivity index (χ0v) is 9.97. The standard InChI is InChI=1S/C9H10F3NO4S/c1-2-17-7-4-8(18(14,15)16)5(3-6(7)13)9(10,11)12/h3-4H,2,13H2,1H3,(H,14,15,16). The van der Waals surface area contributed by atoms with E-state index >= 15 is 0 Å². The summed E-state index contributed by atoms with van der Waals surface area (Å²) >= 11 is 0. The molecule has 0 aliphatic rings.